The van der Waals surface area contributed by atoms with Gasteiger partial charge in [0.2, 0.25) is 11.7 Å². The number of pyridine rings is 1. The van der Waals surface area contributed by atoms with Crippen LogP contribution in [0.25, 0.3) is 22.6 Å². The molecular weight excluding hydrogens is 384 g/mol. The summed E-state index contributed by atoms with van der Waals surface area (Å²) in [6.45, 7) is 1.02. The van der Waals surface area contributed by atoms with Crippen molar-refractivity contribution in [3.63, 3.8) is 0 Å². The summed E-state index contributed by atoms with van der Waals surface area (Å²) in [5.41, 5.74) is 2.70. The highest BCUT2D eigenvalue weighted by atomic mass is 16.5. The second kappa shape index (κ2) is 7.43. The van der Waals surface area contributed by atoms with E-state index in [1.165, 1.54) is 0 Å². The largest absolute Gasteiger partial charge is 0.496 e. The van der Waals surface area contributed by atoms with Crippen LogP contribution in [0.15, 0.2) is 59.4 Å². The molecule has 0 bridgehead atoms. The van der Waals surface area contributed by atoms with Crippen molar-refractivity contribution in [2.24, 2.45) is 0 Å². The Bertz CT molecular complexity index is 1180. The van der Waals surface area contributed by atoms with Crippen LogP contribution in [-0.2, 0) is 0 Å². The molecule has 1 aliphatic heterocycles. The molecule has 0 radical (unpaired) electrons. The number of benzene rings is 1. The Morgan fingerprint density at radius 2 is 2.10 bits per heavy atom. The number of nitrogens with zero attached hydrogens (tertiary/aromatic N) is 5. The number of amides is 1. The van der Waals surface area contributed by atoms with Gasteiger partial charge >= 0.3 is 0 Å². The smallest absolute Gasteiger partial charge is 0.271 e. The quantitative estimate of drug-likeness (QED) is 0.546. The van der Waals surface area contributed by atoms with E-state index in [4.69, 9.17) is 9.26 Å². The molecule has 3 aromatic heterocycles. The molecular formula is C21H18N6O3. The summed E-state index contributed by atoms with van der Waals surface area (Å²) in [4.78, 5) is 23.0. The molecule has 1 aliphatic rings. The Morgan fingerprint density at radius 1 is 1.23 bits per heavy atom. The maximum Gasteiger partial charge on any atom is 0.271 e. The van der Waals surface area contributed by atoms with Crippen LogP contribution in [-0.4, -0.2) is 56.3 Å². The van der Waals surface area contributed by atoms with E-state index in [9.17, 15) is 4.79 Å². The first kappa shape index (κ1) is 18.0. The molecule has 0 spiro atoms. The van der Waals surface area contributed by atoms with Crippen molar-refractivity contribution in [3.05, 3.63) is 66.4 Å². The van der Waals surface area contributed by atoms with Crippen LogP contribution in [0.1, 0.15) is 22.3 Å². The minimum absolute atomic E-state index is 0.0171. The second-order valence-corrected chi connectivity index (χ2v) is 6.97. The molecule has 4 heterocycles. The highest BCUT2D eigenvalue weighted by Gasteiger charge is 2.36. The van der Waals surface area contributed by atoms with E-state index in [-0.39, 0.29) is 11.8 Å². The van der Waals surface area contributed by atoms with Gasteiger partial charge in [-0.25, -0.2) is 0 Å². The molecule has 1 fully saturated rings. The van der Waals surface area contributed by atoms with Crippen LogP contribution in [0.5, 0.6) is 5.75 Å². The first-order valence-corrected chi connectivity index (χ1v) is 9.45. The lowest BCUT2D eigenvalue weighted by Gasteiger charge is -2.36. The molecule has 0 unspecified atom stereocenters. The van der Waals surface area contributed by atoms with Crippen molar-refractivity contribution in [1.82, 2.24) is 30.2 Å². The summed E-state index contributed by atoms with van der Waals surface area (Å²) in [6.07, 6.45) is 3.37. The molecule has 1 amide bonds. The molecule has 0 atom stereocenters. The van der Waals surface area contributed by atoms with Crippen LogP contribution in [0.2, 0.25) is 0 Å². The fourth-order valence-corrected chi connectivity index (χ4v) is 3.41. The molecule has 9 nitrogen and oxygen atoms in total. The SMILES string of the molecule is COc1ccccc1-c1cc(C(=O)N2CC(c3nc(-c4cccnc4)no3)C2)[nH]n1. The number of para-hydroxylation sites is 1. The predicted molar refractivity (Wildman–Crippen MR) is 107 cm³/mol. The van der Waals surface area contributed by atoms with Gasteiger partial charge in [-0.05, 0) is 30.3 Å². The monoisotopic (exact) mass is 402 g/mol. The first-order chi connectivity index (χ1) is 14.7. The third-order valence-corrected chi connectivity index (χ3v) is 5.07. The molecule has 30 heavy (non-hydrogen) atoms. The Balaban J connectivity index is 1.26. The highest BCUT2D eigenvalue weighted by molar-refractivity contribution is 5.94. The van der Waals surface area contributed by atoms with E-state index >= 15 is 0 Å². The maximum absolute atomic E-state index is 12.8. The number of carbonyl (C=O) groups is 1. The molecule has 5 rings (SSSR count). The zero-order valence-corrected chi connectivity index (χ0v) is 16.1. The first-order valence-electron chi connectivity index (χ1n) is 9.45. The minimum Gasteiger partial charge on any atom is -0.496 e. The molecule has 1 N–H and O–H groups in total. The number of H-pyrrole nitrogens is 1. The fourth-order valence-electron chi connectivity index (χ4n) is 3.41. The summed E-state index contributed by atoms with van der Waals surface area (Å²) in [5.74, 6) is 1.62. The zero-order valence-electron chi connectivity index (χ0n) is 16.1. The van der Waals surface area contributed by atoms with Gasteiger partial charge in [0.05, 0.1) is 18.7 Å². The number of rotatable bonds is 5. The predicted octanol–water partition coefficient (Wildman–Crippen LogP) is 2.77. The number of aromatic amines is 1. The Morgan fingerprint density at radius 3 is 2.90 bits per heavy atom. The van der Waals surface area contributed by atoms with Gasteiger partial charge in [0, 0.05) is 36.6 Å². The van der Waals surface area contributed by atoms with Gasteiger partial charge in [-0.15, -0.1) is 0 Å². The van der Waals surface area contributed by atoms with Crippen molar-refractivity contribution >= 4 is 5.91 Å². The lowest BCUT2D eigenvalue weighted by atomic mass is 9.99. The van der Waals surface area contributed by atoms with Crippen molar-refractivity contribution < 1.29 is 14.1 Å². The average Bonchev–Trinajstić information content (AvgIpc) is 3.43. The lowest BCUT2D eigenvalue weighted by Crippen LogP contribution is -2.48. The molecule has 0 aliphatic carbocycles. The van der Waals surface area contributed by atoms with E-state index in [2.05, 4.69) is 25.3 Å². The second-order valence-electron chi connectivity index (χ2n) is 6.97. The van der Waals surface area contributed by atoms with E-state index in [0.717, 1.165) is 11.1 Å². The summed E-state index contributed by atoms with van der Waals surface area (Å²) < 4.78 is 10.8. The number of ether oxygens (including phenoxy) is 1. The van der Waals surface area contributed by atoms with E-state index < -0.39 is 0 Å². The zero-order chi connectivity index (χ0) is 20.5. The summed E-state index contributed by atoms with van der Waals surface area (Å²) in [6, 6.07) is 13.0. The Hall–Kier alpha value is -4.01. The van der Waals surface area contributed by atoms with Crippen LogP contribution in [0.4, 0.5) is 0 Å². The van der Waals surface area contributed by atoms with Crippen LogP contribution >= 0.6 is 0 Å². The normalized spacial score (nSPS) is 13.8. The van der Waals surface area contributed by atoms with E-state index in [1.807, 2.05) is 36.4 Å². The standard InChI is InChI=1S/C21H18N6O3/c1-29-18-7-3-2-6-15(18)16-9-17(25-24-16)21(28)27-11-14(12-27)20-23-19(26-30-20)13-5-4-8-22-10-13/h2-10,14H,11-12H2,1H3,(H,24,25). The van der Waals surface area contributed by atoms with Crippen molar-refractivity contribution in [2.75, 3.05) is 20.2 Å². The average molecular weight is 402 g/mol. The van der Waals surface area contributed by atoms with Crippen LogP contribution in [0, 0.1) is 0 Å². The van der Waals surface area contributed by atoms with E-state index in [1.54, 1.807) is 30.5 Å². The van der Waals surface area contributed by atoms with Gasteiger partial charge in [-0.1, -0.05) is 17.3 Å². The Labute approximate surface area is 171 Å². The van der Waals surface area contributed by atoms with Crippen molar-refractivity contribution in [1.29, 1.82) is 0 Å². The highest BCUT2D eigenvalue weighted by Crippen LogP contribution is 2.31. The summed E-state index contributed by atoms with van der Waals surface area (Å²) in [7, 11) is 1.61. The summed E-state index contributed by atoms with van der Waals surface area (Å²) >= 11 is 0. The molecule has 1 aromatic carbocycles. The fraction of sp³-hybridized carbons (Fsp3) is 0.190. The van der Waals surface area contributed by atoms with Gasteiger partial charge in [0.1, 0.15) is 11.4 Å². The number of likely N-dealkylation sites (tertiary alicyclic amines) is 1. The van der Waals surface area contributed by atoms with Gasteiger partial charge in [0.15, 0.2) is 0 Å². The molecule has 4 aromatic rings. The molecule has 0 saturated carbocycles. The Kier molecular flexibility index (Phi) is 4.47. The lowest BCUT2D eigenvalue weighted by molar-refractivity contribution is 0.0563. The van der Waals surface area contributed by atoms with E-state index in [0.29, 0.717) is 41.9 Å². The number of carbonyl (C=O) groups excluding carboxylic acids is 1. The number of methoxy groups -OCH3 is 1. The molecule has 150 valence electrons. The topological polar surface area (TPSA) is 110 Å². The molecule has 1 saturated heterocycles. The molecule has 9 heteroatoms. The van der Waals surface area contributed by atoms with Gasteiger partial charge in [0.25, 0.3) is 5.91 Å². The van der Waals surface area contributed by atoms with Crippen molar-refractivity contribution in [3.8, 4) is 28.4 Å². The third kappa shape index (κ3) is 3.20. The van der Waals surface area contributed by atoms with Gasteiger partial charge in [-0.2, -0.15) is 10.1 Å². The maximum atomic E-state index is 12.8. The summed E-state index contributed by atoms with van der Waals surface area (Å²) in [5, 5.41) is 11.1. The van der Waals surface area contributed by atoms with Crippen molar-refractivity contribution in [2.45, 2.75) is 5.92 Å². The van der Waals surface area contributed by atoms with Gasteiger partial charge < -0.3 is 14.2 Å². The third-order valence-electron chi connectivity index (χ3n) is 5.07. The number of aromatic nitrogens is 5. The number of nitrogens with one attached hydrogen (secondary N) is 1. The van der Waals surface area contributed by atoms with Crippen LogP contribution in [0.3, 0.4) is 0 Å². The van der Waals surface area contributed by atoms with Crippen LogP contribution < -0.4 is 4.74 Å². The number of hydrogen-bond donors (Lipinski definition) is 1. The van der Waals surface area contributed by atoms with Gasteiger partial charge in [-0.3, -0.25) is 14.9 Å². The number of hydrogen-bond acceptors (Lipinski definition) is 7. The minimum atomic E-state index is -0.119.